The topological polar surface area (TPSA) is 85.1 Å². The van der Waals surface area contributed by atoms with Gasteiger partial charge >= 0.3 is 0 Å². The molecule has 20 heavy (non-hydrogen) atoms. The summed E-state index contributed by atoms with van der Waals surface area (Å²) < 4.78 is 29.1. The van der Waals surface area contributed by atoms with Crippen LogP contribution >= 0.6 is 47.8 Å². The smallest absolute Gasteiger partial charge is 0.265 e. The fourth-order valence-corrected chi connectivity index (χ4v) is 5.36. The molecule has 0 aliphatic heterocycles. The van der Waals surface area contributed by atoms with Crippen LogP contribution in [-0.2, 0) is 10.0 Å². The molecule has 0 atom stereocenters. The lowest BCUT2D eigenvalue weighted by molar-refractivity contribution is 0.601. The Bertz CT molecular complexity index is 742. The molecule has 0 spiro atoms. The molecule has 0 aliphatic rings. The van der Waals surface area contributed by atoms with E-state index in [1.165, 1.54) is 18.3 Å². The molecule has 0 radical (unpaired) electrons. The first kappa shape index (κ1) is 15.7. The van der Waals surface area contributed by atoms with Gasteiger partial charge in [0.25, 0.3) is 10.0 Å². The van der Waals surface area contributed by atoms with Crippen molar-refractivity contribution < 1.29 is 8.42 Å². The molecule has 3 N–H and O–H groups in total. The molecule has 0 bridgehead atoms. The van der Waals surface area contributed by atoms with Crippen molar-refractivity contribution in [3.63, 3.8) is 0 Å². The lowest BCUT2D eigenvalue weighted by Crippen LogP contribution is -2.16. The fourth-order valence-electron chi connectivity index (χ4n) is 1.46. The SMILES string of the molecule is Nc1ncccc1S(=O)(=O)Nc1c(Br)cc(Br)cc1Br. The minimum absolute atomic E-state index is 0.0515. The third-order valence-electron chi connectivity index (χ3n) is 2.33. The van der Waals surface area contributed by atoms with E-state index in [0.717, 1.165) is 4.47 Å². The molecule has 1 aromatic heterocycles. The second-order valence-corrected chi connectivity index (χ2v) is 8.01. The number of rotatable bonds is 3. The molecule has 0 saturated heterocycles. The Kier molecular flexibility index (Phi) is 4.73. The van der Waals surface area contributed by atoms with Crippen molar-refractivity contribution in [3.05, 3.63) is 43.9 Å². The Labute approximate surface area is 141 Å². The Hall–Kier alpha value is -0.640. The number of benzene rings is 1. The van der Waals surface area contributed by atoms with Gasteiger partial charge in [0.15, 0.2) is 0 Å². The molecule has 0 aliphatic carbocycles. The summed E-state index contributed by atoms with van der Waals surface area (Å²) in [6, 6.07) is 6.37. The Morgan fingerprint density at radius 2 is 1.75 bits per heavy atom. The number of nitrogens with two attached hydrogens (primary N) is 1. The van der Waals surface area contributed by atoms with E-state index in [0.29, 0.717) is 14.6 Å². The van der Waals surface area contributed by atoms with Crippen LogP contribution in [0.5, 0.6) is 0 Å². The normalized spacial score (nSPS) is 11.3. The number of sulfonamides is 1. The molecule has 106 valence electrons. The summed E-state index contributed by atoms with van der Waals surface area (Å²) in [5.41, 5.74) is 5.98. The van der Waals surface area contributed by atoms with Crippen molar-refractivity contribution >= 4 is 69.3 Å². The molecule has 1 aromatic carbocycles. The highest BCUT2D eigenvalue weighted by Crippen LogP contribution is 2.36. The van der Waals surface area contributed by atoms with Gasteiger partial charge in [0.1, 0.15) is 10.7 Å². The maximum absolute atomic E-state index is 12.3. The van der Waals surface area contributed by atoms with Gasteiger partial charge in [-0.1, -0.05) is 15.9 Å². The molecule has 9 heteroatoms. The van der Waals surface area contributed by atoms with Crippen molar-refractivity contribution in [2.45, 2.75) is 4.90 Å². The van der Waals surface area contributed by atoms with E-state index in [4.69, 9.17) is 5.73 Å². The van der Waals surface area contributed by atoms with E-state index in [-0.39, 0.29) is 10.7 Å². The maximum atomic E-state index is 12.3. The van der Waals surface area contributed by atoms with Crippen molar-refractivity contribution in [2.75, 3.05) is 10.5 Å². The number of hydrogen-bond donors (Lipinski definition) is 2. The van der Waals surface area contributed by atoms with Crippen LogP contribution in [0.15, 0.2) is 48.8 Å². The molecule has 0 fully saturated rings. The number of nitrogen functional groups attached to an aromatic ring is 1. The molecule has 1 heterocycles. The standard InChI is InChI=1S/C11H8Br3N3O2S/c12-6-4-7(13)10(8(14)5-6)17-20(18,19)9-2-1-3-16-11(9)15/h1-5,17H,(H2,15,16). The molecule has 0 unspecified atom stereocenters. The van der Waals surface area contributed by atoms with Crippen LogP contribution in [0.2, 0.25) is 0 Å². The lowest BCUT2D eigenvalue weighted by atomic mass is 10.3. The number of anilines is 2. The van der Waals surface area contributed by atoms with Crippen molar-refractivity contribution in [1.29, 1.82) is 0 Å². The van der Waals surface area contributed by atoms with Crippen LogP contribution in [-0.4, -0.2) is 13.4 Å². The highest BCUT2D eigenvalue weighted by Gasteiger charge is 2.20. The van der Waals surface area contributed by atoms with Crippen LogP contribution in [0.1, 0.15) is 0 Å². The van der Waals surface area contributed by atoms with Crippen molar-refractivity contribution in [3.8, 4) is 0 Å². The van der Waals surface area contributed by atoms with Crippen molar-refractivity contribution in [1.82, 2.24) is 4.98 Å². The Balaban J connectivity index is 2.47. The molecule has 5 nitrogen and oxygen atoms in total. The van der Waals surface area contributed by atoms with Crippen LogP contribution in [0.4, 0.5) is 11.5 Å². The monoisotopic (exact) mass is 483 g/mol. The average molecular weight is 486 g/mol. The Morgan fingerprint density at radius 1 is 1.15 bits per heavy atom. The number of aromatic nitrogens is 1. The third kappa shape index (κ3) is 3.33. The largest absolute Gasteiger partial charge is 0.383 e. The van der Waals surface area contributed by atoms with Gasteiger partial charge in [0.2, 0.25) is 0 Å². The van der Waals surface area contributed by atoms with Gasteiger partial charge in [0, 0.05) is 19.6 Å². The van der Waals surface area contributed by atoms with Gasteiger partial charge in [-0.05, 0) is 56.1 Å². The summed E-state index contributed by atoms with van der Waals surface area (Å²) in [5.74, 6) is -0.0515. The fraction of sp³-hybridized carbons (Fsp3) is 0. The van der Waals surface area contributed by atoms with E-state index in [1.807, 2.05) is 0 Å². The summed E-state index contributed by atoms with van der Waals surface area (Å²) in [4.78, 5) is 3.71. The summed E-state index contributed by atoms with van der Waals surface area (Å²) in [6.45, 7) is 0. The van der Waals surface area contributed by atoms with E-state index in [9.17, 15) is 8.42 Å². The molecular weight excluding hydrogens is 478 g/mol. The van der Waals surface area contributed by atoms with E-state index in [2.05, 4.69) is 57.5 Å². The van der Waals surface area contributed by atoms with Gasteiger partial charge in [0.05, 0.1) is 5.69 Å². The van der Waals surface area contributed by atoms with Crippen LogP contribution in [0.25, 0.3) is 0 Å². The maximum Gasteiger partial charge on any atom is 0.265 e. The number of hydrogen-bond acceptors (Lipinski definition) is 4. The van der Waals surface area contributed by atoms with Crippen LogP contribution in [0, 0.1) is 0 Å². The zero-order valence-electron chi connectivity index (χ0n) is 9.77. The predicted molar refractivity (Wildman–Crippen MR) is 89.0 cm³/mol. The number of nitrogens with one attached hydrogen (secondary N) is 1. The number of nitrogens with zero attached hydrogens (tertiary/aromatic N) is 1. The molecule has 0 amide bonds. The zero-order valence-corrected chi connectivity index (χ0v) is 15.3. The van der Waals surface area contributed by atoms with Gasteiger partial charge in [-0.3, -0.25) is 4.72 Å². The second-order valence-electron chi connectivity index (χ2n) is 3.74. The number of pyridine rings is 1. The minimum atomic E-state index is -3.81. The van der Waals surface area contributed by atoms with Gasteiger partial charge in [-0.15, -0.1) is 0 Å². The average Bonchev–Trinajstić information content (AvgIpc) is 2.34. The van der Waals surface area contributed by atoms with Crippen LogP contribution in [0.3, 0.4) is 0 Å². The van der Waals surface area contributed by atoms with Gasteiger partial charge in [-0.25, -0.2) is 13.4 Å². The second kappa shape index (κ2) is 6.00. The highest BCUT2D eigenvalue weighted by molar-refractivity contribution is 9.11. The van der Waals surface area contributed by atoms with E-state index >= 15 is 0 Å². The molecular formula is C11H8Br3N3O2S. The molecule has 2 rings (SSSR count). The molecule has 0 saturated carbocycles. The summed E-state index contributed by atoms with van der Waals surface area (Å²) >= 11 is 9.93. The first-order valence-electron chi connectivity index (χ1n) is 5.19. The summed E-state index contributed by atoms with van der Waals surface area (Å²) in [7, 11) is -3.81. The summed E-state index contributed by atoms with van der Waals surface area (Å²) in [5, 5.41) is 0. The van der Waals surface area contributed by atoms with Crippen molar-refractivity contribution in [2.24, 2.45) is 0 Å². The van der Waals surface area contributed by atoms with E-state index in [1.54, 1.807) is 12.1 Å². The first-order chi connectivity index (χ1) is 9.31. The quantitative estimate of drug-likeness (QED) is 0.693. The summed E-state index contributed by atoms with van der Waals surface area (Å²) in [6.07, 6.45) is 1.43. The predicted octanol–water partition coefficient (Wildman–Crippen LogP) is 3.75. The molecule has 2 aromatic rings. The third-order valence-corrected chi connectivity index (χ3v) is 5.44. The minimum Gasteiger partial charge on any atom is -0.383 e. The number of halogens is 3. The van der Waals surface area contributed by atoms with Crippen LogP contribution < -0.4 is 10.5 Å². The van der Waals surface area contributed by atoms with Gasteiger partial charge in [-0.2, -0.15) is 0 Å². The van der Waals surface area contributed by atoms with Gasteiger partial charge < -0.3 is 5.73 Å². The zero-order chi connectivity index (χ0) is 14.9. The lowest BCUT2D eigenvalue weighted by Gasteiger charge is -2.13. The Morgan fingerprint density at radius 3 is 2.30 bits per heavy atom. The first-order valence-corrected chi connectivity index (χ1v) is 9.05. The van der Waals surface area contributed by atoms with E-state index < -0.39 is 10.0 Å². The highest BCUT2D eigenvalue weighted by atomic mass is 79.9.